The maximum absolute atomic E-state index is 12.1. The van der Waals surface area contributed by atoms with Gasteiger partial charge in [0, 0.05) is 17.9 Å². The molecule has 0 N–H and O–H groups in total. The summed E-state index contributed by atoms with van der Waals surface area (Å²) in [5, 5.41) is 13.8. The van der Waals surface area contributed by atoms with Crippen LogP contribution in [0, 0.1) is 5.21 Å². The van der Waals surface area contributed by atoms with Crippen molar-refractivity contribution in [1.29, 1.82) is 0 Å². The molecule has 0 bridgehead atoms. The molecule has 0 saturated carbocycles. The van der Waals surface area contributed by atoms with Gasteiger partial charge in [0.05, 0.1) is 13.1 Å². The van der Waals surface area contributed by atoms with Gasteiger partial charge in [0.2, 0.25) is 0 Å². The van der Waals surface area contributed by atoms with E-state index in [1.165, 1.54) is 0 Å². The molecule has 14 heavy (non-hydrogen) atoms. The summed E-state index contributed by atoms with van der Waals surface area (Å²) in [6, 6.07) is 0. The lowest BCUT2D eigenvalue weighted by molar-refractivity contribution is -1.06. The number of hydrogen-bond donors (Lipinski definition) is 0. The predicted octanol–water partition coefficient (Wildman–Crippen LogP) is 1.92. The summed E-state index contributed by atoms with van der Waals surface area (Å²) in [6.07, 6.45) is 1.89. The first-order valence-electron chi connectivity index (χ1n) is 4.60. The van der Waals surface area contributed by atoms with Gasteiger partial charge in [-0.25, -0.2) is 0 Å². The van der Waals surface area contributed by atoms with Crippen LogP contribution in [0.4, 0.5) is 0 Å². The average Bonchev–Trinajstić information content (AvgIpc) is 2.19. The van der Waals surface area contributed by atoms with Crippen molar-refractivity contribution in [2.45, 2.75) is 6.42 Å². The molecule has 1 aliphatic rings. The van der Waals surface area contributed by atoms with Gasteiger partial charge >= 0.3 is 0 Å². The Bertz CT molecular complexity index is 164. The molecule has 0 amide bonds. The van der Waals surface area contributed by atoms with Crippen molar-refractivity contribution in [3.8, 4) is 0 Å². The maximum Gasteiger partial charge on any atom is 0.144 e. The zero-order valence-electron chi connectivity index (χ0n) is 7.92. The summed E-state index contributed by atoms with van der Waals surface area (Å²) < 4.78 is -0.681. The van der Waals surface area contributed by atoms with Crippen LogP contribution in [0.5, 0.6) is 0 Å². The molecule has 1 aliphatic heterocycles. The monoisotopic (exact) mass is 260 g/mol. The van der Waals surface area contributed by atoms with Gasteiger partial charge in [-0.2, -0.15) is 4.84 Å². The molecule has 0 aromatic carbocycles. The lowest BCUT2D eigenvalue weighted by Gasteiger charge is -2.46. The fourth-order valence-electron chi connectivity index (χ4n) is 1.28. The molecular weight excluding hydrogens is 246 g/mol. The van der Waals surface area contributed by atoms with Crippen molar-refractivity contribution >= 4 is 31.9 Å². The van der Waals surface area contributed by atoms with E-state index in [9.17, 15) is 5.21 Å². The minimum Gasteiger partial charge on any atom is -0.577 e. The van der Waals surface area contributed by atoms with Gasteiger partial charge in [-0.1, -0.05) is 0 Å². The highest BCUT2D eigenvalue weighted by atomic mass is 35.5. The number of quaternary nitrogens is 1. The summed E-state index contributed by atoms with van der Waals surface area (Å²) in [6.45, 7) is 1.56. The van der Waals surface area contributed by atoms with Crippen LogP contribution in [0.1, 0.15) is 6.42 Å². The van der Waals surface area contributed by atoms with E-state index in [4.69, 9.17) is 28.0 Å². The molecular formula is C7H15Cl2N2O2P. The van der Waals surface area contributed by atoms with Crippen LogP contribution in [-0.4, -0.2) is 47.3 Å². The number of halogens is 2. The summed E-state index contributed by atoms with van der Waals surface area (Å²) in [5.74, 6) is 0.847. The maximum atomic E-state index is 12.1. The summed E-state index contributed by atoms with van der Waals surface area (Å²) in [5.41, 5.74) is 0. The van der Waals surface area contributed by atoms with Crippen molar-refractivity contribution in [2.24, 2.45) is 0 Å². The Morgan fingerprint density at radius 1 is 1.36 bits per heavy atom. The van der Waals surface area contributed by atoms with Crippen LogP contribution in [0.3, 0.4) is 0 Å². The second kappa shape index (κ2) is 6.44. The molecule has 7 heteroatoms. The van der Waals surface area contributed by atoms with Crippen LogP contribution < -0.4 is 0 Å². The smallest absolute Gasteiger partial charge is 0.144 e. The first-order valence-corrected chi connectivity index (χ1v) is 6.82. The normalized spacial score (nSPS) is 30.0. The SMILES string of the molecule is [O-][N+]1(N(CCCl)CCCl)OCCCP1. The lowest BCUT2D eigenvalue weighted by Crippen LogP contribution is -2.53. The molecule has 1 fully saturated rings. The van der Waals surface area contributed by atoms with Crippen LogP contribution in [0.2, 0.25) is 0 Å². The first-order chi connectivity index (χ1) is 6.73. The lowest BCUT2D eigenvalue weighted by atomic mass is 10.5. The van der Waals surface area contributed by atoms with Gasteiger partial charge in [0.25, 0.3) is 0 Å². The van der Waals surface area contributed by atoms with Gasteiger partial charge in [-0.3, -0.25) is 0 Å². The van der Waals surface area contributed by atoms with Crippen molar-refractivity contribution < 1.29 is 9.53 Å². The van der Waals surface area contributed by atoms with Crippen LogP contribution >= 0.6 is 31.9 Å². The number of nitrogens with zero attached hydrogens (tertiary/aromatic N) is 2. The van der Waals surface area contributed by atoms with Crippen molar-refractivity contribution in [3.63, 3.8) is 0 Å². The van der Waals surface area contributed by atoms with Gasteiger partial charge in [-0.05, 0) is 6.42 Å². The van der Waals surface area contributed by atoms with Gasteiger partial charge in [0.1, 0.15) is 15.3 Å². The fourth-order valence-corrected chi connectivity index (χ4v) is 2.84. The molecule has 2 atom stereocenters. The van der Waals surface area contributed by atoms with Gasteiger partial charge in [0.15, 0.2) is 0 Å². The topological polar surface area (TPSA) is 35.5 Å². The van der Waals surface area contributed by atoms with E-state index in [2.05, 4.69) is 0 Å². The minimum absolute atomic E-state index is 0.214. The fraction of sp³-hybridized carbons (Fsp3) is 1.00. The molecule has 0 radical (unpaired) electrons. The van der Waals surface area contributed by atoms with E-state index >= 15 is 0 Å². The Hall–Kier alpha value is 0.850. The van der Waals surface area contributed by atoms with Crippen molar-refractivity contribution in [2.75, 3.05) is 37.6 Å². The Labute approximate surface area is 96.0 Å². The quantitative estimate of drug-likeness (QED) is 0.431. The Balaban J connectivity index is 2.53. The number of hydrogen-bond acceptors (Lipinski definition) is 3. The molecule has 4 nitrogen and oxygen atoms in total. The zero-order valence-corrected chi connectivity index (χ0v) is 10.4. The largest absolute Gasteiger partial charge is 0.577 e. The number of rotatable bonds is 5. The van der Waals surface area contributed by atoms with Crippen molar-refractivity contribution in [1.82, 2.24) is 5.01 Å². The highest BCUT2D eigenvalue weighted by Gasteiger charge is 2.31. The third-order valence-electron chi connectivity index (χ3n) is 1.96. The second-order valence-electron chi connectivity index (χ2n) is 2.95. The molecule has 0 aromatic rings. The zero-order chi connectivity index (χ0) is 10.4. The van der Waals surface area contributed by atoms with Crippen LogP contribution in [0.25, 0.3) is 0 Å². The average molecular weight is 261 g/mol. The third kappa shape index (κ3) is 3.46. The predicted molar refractivity (Wildman–Crippen MR) is 60.4 cm³/mol. The Morgan fingerprint density at radius 2 is 2.00 bits per heavy atom. The van der Waals surface area contributed by atoms with Gasteiger partial charge < -0.3 is 5.21 Å². The molecule has 1 saturated heterocycles. The van der Waals surface area contributed by atoms with Crippen LogP contribution in [0.15, 0.2) is 0 Å². The van der Waals surface area contributed by atoms with Crippen LogP contribution in [-0.2, 0) is 4.84 Å². The summed E-state index contributed by atoms with van der Waals surface area (Å²) in [7, 11) is 0.214. The Morgan fingerprint density at radius 3 is 2.43 bits per heavy atom. The van der Waals surface area contributed by atoms with E-state index in [-0.39, 0.29) is 8.73 Å². The molecule has 0 aliphatic carbocycles. The van der Waals surface area contributed by atoms with Crippen molar-refractivity contribution in [3.05, 3.63) is 5.21 Å². The molecule has 84 valence electrons. The van der Waals surface area contributed by atoms with E-state index < -0.39 is 4.69 Å². The van der Waals surface area contributed by atoms with E-state index in [0.717, 1.165) is 12.6 Å². The minimum atomic E-state index is -0.681. The highest BCUT2D eigenvalue weighted by Crippen LogP contribution is 2.35. The van der Waals surface area contributed by atoms with E-state index in [0.29, 0.717) is 31.5 Å². The standard InChI is InChI=1S/C7H15Cl2N2O2P/c8-2-4-10(5-3-9)11(12)13-6-1-7-14-11/h14H,1-7H2. The molecule has 0 aromatic heterocycles. The molecule has 1 rings (SSSR count). The number of alkyl halides is 2. The Kier molecular flexibility index (Phi) is 5.94. The highest BCUT2D eigenvalue weighted by molar-refractivity contribution is 7.31. The summed E-state index contributed by atoms with van der Waals surface area (Å²) in [4.78, 5) is 5.24. The molecule has 0 spiro atoms. The van der Waals surface area contributed by atoms with E-state index in [1.54, 1.807) is 5.01 Å². The van der Waals surface area contributed by atoms with E-state index in [1.807, 2.05) is 0 Å². The molecule has 2 unspecified atom stereocenters. The molecule has 1 heterocycles. The second-order valence-corrected chi connectivity index (χ2v) is 5.08. The third-order valence-corrected chi connectivity index (χ3v) is 3.68. The summed E-state index contributed by atoms with van der Waals surface area (Å²) >= 11 is 11.3. The first kappa shape index (κ1) is 12.9. The van der Waals surface area contributed by atoms with Gasteiger partial charge in [-0.15, -0.1) is 32.9 Å².